The van der Waals surface area contributed by atoms with Gasteiger partial charge in [0.2, 0.25) is 11.9 Å². The van der Waals surface area contributed by atoms with Crippen LogP contribution in [0.2, 0.25) is 0 Å². The summed E-state index contributed by atoms with van der Waals surface area (Å²) < 4.78 is 11.7. The van der Waals surface area contributed by atoms with Crippen LogP contribution in [0.25, 0.3) is 34.2 Å². The van der Waals surface area contributed by atoms with Crippen LogP contribution in [0.15, 0.2) is 85.2 Å². The number of carbonyl (C=O) groups is 2. The van der Waals surface area contributed by atoms with Crippen LogP contribution in [0.1, 0.15) is 18.1 Å². The van der Waals surface area contributed by atoms with E-state index in [1.54, 1.807) is 61.8 Å². The summed E-state index contributed by atoms with van der Waals surface area (Å²) >= 11 is 0. The third kappa shape index (κ3) is 6.26. The van der Waals surface area contributed by atoms with Gasteiger partial charge in [-0.05, 0) is 54.4 Å². The highest BCUT2D eigenvalue weighted by Gasteiger charge is 2.30. The Morgan fingerprint density at radius 2 is 1.62 bits per heavy atom. The van der Waals surface area contributed by atoms with Gasteiger partial charge in [0.15, 0.2) is 23.9 Å². The molecule has 0 fully saturated rings. The number of anilines is 2. The van der Waals surface area contributed by atoms with E-state index in [9.17, 15) is 14.9 Å². The van der Waals surface area contributed by atoms with E-state index >= 15 is 0 Å². The predicted molar refractivity (Wildman–Crippen MR) is 171 cm³/mol. The molecule has 7 rings (SSSR count). The number of amides is 2. The third-order valence-electron chi connectivity index (χ3n) is 7.42. The fourth-order valence-corrected chi connectivity index (χ4v) is 4.95. The smallest absolute Gasteiger partial charge is 0.268 e. The SMILES string of the molecule is CC(Oc1ccccc1C#N)C(=O)Nc1nnc(-c2ccc(-c3ccc4c(c3)OC(C(=O)Nc3nnc(-c5ccccn5)[nH]3)C4)cn2)[nH]1. The Morgan fingerprint density at radius 1 is 0.896 bits per heavy atom. The Bertz CT molecular complexity index is 2160. The molecule has 236 valence electrons. The fraction of sp³-hybridized carbons (Fsp3) is 0.121. The van der Waals surface area contributed by atoms with E-state index in [1.165, 1.54) is 0 Å². The molecule has 1 aliphatic rings. The minimum absolute atomic E-state index is 0.121. The molecule has 15 nitrogen and oxygen atoms in total. The summed E-state index contributed by atoms with van der Waals surface area (Å²) in [6, 6.07) is 23.5. The van der Waals surface area contributed by atoms with Gasteiger partial charge in [0, 0.05) is 24.4 Å². The molecule has 5 heterocycles. The van der Waals surface area contributed by atoms with E-state index in [0.717, 1.165) is 16.7 Å². The van der Waals surface area contributed by atoms with E-state index in [-0.39, 0.29) is 17.8 Å². The molecule has 0 saturated carbocycles. The van der Waals surface area contributed by atoms with Crippen LogP contribution in [-0.4, -0.2) is 64.4 Å². The molecule has 2 atom stereocenters. The van der Waals surface area contributed by atoms with Gasteiger partial charge in [-0.2, -0.15) is 5.26 Å². The third-order valence-corrected chi connectivity index (χ3v) is 7.42. The van der Waals surface area contributed by atoms with E-state index < -0.39 is 18.1 Å². The zero-order chi connectivity index (χ0) is 33.0. The number of aromatic amines is 2. The number of pyridine rings is 2. The summed E-state index contributed by atoms with van der Waals surface area (Å²) in [4.78, 5) is 40.2. The lowest BCUT2D eigenvalue weighted by molar-refractivity contribution is -0.122. The molecule has 0 aliphatic carbocycles. The number of carbonyl (C=O) groups excluding carboxylic acids is 2. The molecule has 2 unspecified atom stereocenters. The molecule has 15 heteroatoms. The Labute approximate surface area is 272 Å². The molecule has 0 radical (unpaired) electrons. The highest BCUT2D eigenvalue weighted by atomic mass is 16.5. The maximum atomic E-state index is 12.9. The van der Waals surface area contributed by atoms with Gasteiger partial charge in [-0.1, -0.05) is 36.4 Å². The molecule has 4 N–H and O–H groups in total. The van der Waals surface area contributed by atoms with Gasteiger partial charge in [0.25, 0.3) is 11.8 Å². The molecule has 0 saturated heterocycles. The average Bonchev–Trinajstić information content (AvgIpc) is 3.89. The van der Waals surface area contributed by atoms with Crippen LogP contribution in [0, 0.1) is 11.3 Å². The number of benzene rings is 2. The molecule has 2 aromatic carbocycles. The maximum absolute atomic E-state index is 12.9. The molecule has 2 amide bonds. The molecule has 1 aliphatic heterocycles. The van der Waals surface area contributed by atoms with Crippen molar-refractivity contribution in [1.29, 1.82) is 5.26 Å². The summed E-state index contributed by atoms with van der Waals surface area (Å²) in [7, 11) is 0. The van der Waals surface area contributed by atoms with Crippen molar-refractivity contribution in [2.45, 2.75) is 25.6 Å². The first-order valence-corrected chi connectivity index (χ1v) is 14.7. The quantitative estimate of drug-likeness (QED) is 0.178. The number of H-pyrrole nitrogens is 2. The number of ether oxygens (including phenoxy) is 2. The summed E-state index contributed by atoms with van der Waals surface area (Å²) in [6.07, 6.45) is 2.10. The summed E-state index contributed by atoms with van der Waals surface area (Å²) in [5.74, 6) is 1.21. The molecule has 48 heavy (non-hydrogen) atoms. The van der Waals surface area contributed by atoms with Gasteiger partial charge < -0.3 is 19.4 Å². The van der Waals surface area contributed by atoms with Gasteiger partial charge in [0.1, 0.15) is 29.0 Å². The van der Waals surface area contributed by atoms with Crippen molar-refractivity contribution in [2.75, 3.05) is 10.6 Å². The second-order valence-corrected chi connectivity index (χ2v) is 10.7. The highest BCUT2D eigenvalue weighted by Crippen LogP contribution is 2.34. The first kappa shape index (κ1) is 29.7. The number of nitriles is 1. The zero-order valence-corrected chi connectivity index (χ0v) is 25.2. The van der Waals surface area contributed by atoms with Crippen molar-refractivity contribution < 1.29 is 19.1 Å². The Morgan fingerprint density at radius 3 is 2.35 bits per heavy atom. The number of hydrogen-bond acceptors (Lipinski definition) is 11. The standard InChI is InChI=1S/C33H25N11O4/c1-18(47-25-8-3-2-6-21(25)16-34)30(45)39-32-38-29(42-43-32)24-12-11-22(17-36-24)19-9-10-20-15-27(48-26(20)14-19)31(46)40-33-37-28(41-44-33)23-7-4-5-13-35-23/h2-14,17-18,27H,15H2,1H3,(H2,37,40,41,44,46)(H2,38,39,42,43,45). The minimum Gasteiger partial charge on any atom is -0.480 e. The van der Waals surface area contributed by atoms with Gasteiger partial charge in [0.05, 0.1) is 5.56 Å². The number of rotatable bonds is 9. The number of para-hydroxylation sites is 1. The minimum atomic E-state index is -0.898. The van der Waals surface area contributed by atoms with E-state index in [4.69, 9.17) is 9.47 Å². The average molecular weight is 640 g/mol. The fourth-order valence-electron chi connectivity index (χ4n) is 4.95. The number of nitrogens with one attached hydrogen (secondary N) is 4. The molecular formula is C33H25N11O4. The van der Waals surface area contributed by atoms with Crippen LogP contribution in [-0.2, 0) is 16.0 Å². The molecular weight excluding hydrogens is 614 g/mol. The van der Waals surface area contributed by atoms with Gasteiger partial charge >= 0.3 is 0 Å². The van der Waals surface area contributed by atoms with E-state index in [2.05, 4.69) is 51.0 Å². The molecule has 4 aromatic heterocycles. The topological polar surface area (TPSA) is 209 Å². The lowest BCUT2D eigenvalue weighted by Gasteiger charge is -2.14. The van der Waals surface area contributed by atoms with E-state index in [0.29, 0.717) is 46.5 Å². The van der Waals surface area contributed by atoms with Crippen molar-refractivity contribution in [1.82, 2.24) is 40.3 Å². The van der Waals surface area contributed by atoms with Crippen LogP contribution in [0.4, 0.5) is 11.9 Å². The van der Waals surface area contributed by atoms with Gasteiger partial charge in [-0.15, -0.1) is 20.4 Å². The number of hydrogen-bond donors (Lipinski definition) is 4. The lowest BCUT2D eigenvalue weighted by atomic mass is 10.0. The second-order valence-electron chi connectivity index (χ2n) is 10.7. The van der Waals surface area contributed by atoms with E-state index in [1.807, 2.05) is 36.4 Å². The lowest BCUT2D eigenvalue weighted by Crippen LogP contribution is -2.31. The molecule has 0 spiro atoms. The normalized spacial score (nSPS) is 13.9. The maximum Gasteiger partial charge on any atom is 0.268 e. The van der Waals surface area contributed by atoms with Crippen molar-refractivity contribution >= 4 is 23.7 Å². The highest BCUT2D eigenvalue weighted by molar-refractivity contribution is 5.94. The van der Waals surface area contributed by atoms with Crippen molar-refractivity contribution in [2.24, 2.45) is 0 Å². The van der Waals surface area contributed by atoms with Crippen molar-refractivity contribution in [3.05, 3.63) is 96.3 Å². The Balaban J connectivity index is 0.958. The second kappa shape index (κ2) is 12.8. The van der Waals surface area contributed by atoms with Crippen LogP contribution in [0.5, 0.6) is 11.5 Å². The number of nitrogens with zero attached hydrogens (tertiary/aromatic N) is 7. The molecule has 0 bridgehead atoms. The number of fused-ring (bicyclic) bond motifs is 1. The van der Waals surface area contributed by atoms with Crippen LogP contribution in [0.3, 0.4) is 0 Å². The monoisotopic (exact) mass is 639 g/mol. The first-order chi connectivity index (χ1) is 23.4. The van der Waals surface area contributed by atoms with Gasteiger partial charge in [-0.25, -0.2) is 0 Å². The predicted octanol–water partition coefficient (Wildman–Crippen LogP) is 3.93. The van der Waals surface area contributed by atoms with Crippen molar-refractivity contribution in [3.8, 4) is 51.7 Å². The largest absolute Gasteiger partial charge is 0.480 e. The van der Waals surface area contributed by atoms with Gasteiger partial charge in [-0.3, -0.25) is 30.2 Å². The summed E-state index contributed by atoms with van der Waals surface area (Å²) in [5, 5.41) is 30.7. The first-order valence-electron chi connectivity index (χ1n) is 14.7. The Kier molecular flexibility index (Phi) is 7.94. The van der Waals surface area contributed by atoms with Crippen LogP contribution < -0.4 is 20.1 Å². The van der Waals surface area contributed by atoms with Crippen LogP contribution >= 0.6 is 0 Å². The summed E-state index contributed by atoms with van der Waals surface area (Å²) in [5.41, 5.74) is 4.01. The zero-order valence-electron chi connectivity index (χ0n) is 25.2. The number of aromatic nitrogens is 8. The summed E-state index contributed by atoms with van der Waals surface area (Å²) in [6.45, 7) is 1.57. The van der Waals surface area contributed by atoms with Crippen molar-refractivity contribution in [3.63, 3.8) is 0 Å². The Hall–Kier alpha value is -6.95. The molecule has 6 aromatic rings.